The van der Waals surface area contributed by atoms with E-state index in [1.807, 2.05) is 69.2 Å². The number of benzene rings is 2. The quantitative estimate of drug-likeness (QED) is 0.265. The third kappa shape index (κ3) is 5.15. The van der Waals surface area contributed by atoms with Gasteiger partial charge in [-0.2, -0.15) is 0 Å². The van der Waals surface area contributed by atoms with E-state index in [1.54, 1.807) is 29.2 Å². The summed E-state index contributed by atoms with van der Waals surface area (Å²) >= 11 is 0. The molecule has 34 heavy (non-hydrogen) atoms. The van der Waals surface area contributed by atoms with Crippen LogP contribution >= 0.6 is 0 Å². The maximum Gasteiger partial charge on any atom is 0.295 e. The third-order valence-electron chi connectivity index (χ3n) is 5.87. The summed E-state index contributed by atoms with van der Waals surface area (Å²) < 4.78 is 5.57. The van der Waals surface area contributed by atoms with Gasteiger partial charge in [0.05, 0.1) is 11.6 Å². The summed E-state index contributed by atoms with van der Waals surface area (Å²) in [5, 5.41) is 11.3. The largest absolute Gasteiger partial charge is 0.507 e. The van der Waals surface area contributed by atoms with Crippen molar-refractivity contribution < 1.29 is 19.4 Å². The number of ketones is 1. The number of carbonyl (C=O) groups excluding carboxylic acids is 2. The highest BCUT2D eigenvalue weighted by Crippen LogP contribution is 2.40. The van der Waals surface area contributed by atoms with Crippen molar-refractivity contribution in [1.29, 1.82) is 0 Å². The van der Waals surface area contributed by atoms with Crippen LogP contribution in [0.25, 0.3) is 5.76 Å². The summed E-state index contributed by atoms with van der Waals surface area (Å²) in [6.07, 6.45) is 1.65. The molecule has 1 N–H and O–H groups in total. The summed E-state index contributed by atoms with van der Waals surface area (Å²) in [6, 6.07) is 12.3. The molecule has 1 fully saturated rings. The van der Waals surface area contributed by atoms with Crippen LogP contribution in [0.15, 0.2) is 60.7 Å². The van der Waals surface area contributed by atoms with Gasteiger partial charge in [0.15, 0.2) is 0 Å². The van der Waals surface area contributed by atoms with E-state index in [2.05, 4.69) is 6.58 Å². The Bertz CT molecular complexity index is 1100. The van der Waals surface area contributed by atoms with E-state index in [-0.39, 0.29) is 11.3 Å². The van der Waals surface area contributed by atoms with Crippen LogP contribution in [0.3, 0.4) is 0 Å². The molecule has 7 nitrogen and oxygen atoms in total. The maximum atomic E-state index is 13.2. The Morgan fingerprint density at radius 1 is 1.12 bits per heavy atom. The van der Waals surface area contributed by atoms with Crippen molar-refractivity contribution in [3.63, 3.8) is 0 Å². The van der Waals surface area contributed by atoms with Gasteiger partial charge in [-0.1, -0.05) is 24.8 Å². The number of hydrogen-bond acceptors (Lipinski definition) is 6. The lowest BCUT2D eigenvalue weighted by Crippen LogP contribution is -2.35. The zero-order valence-electron chi connectivity index (χ0n) is 20.5. The van der Waals surface area contributed by atoms with E-state index in [1.165, 1.54) is 0 Å². The molecular weight excluding hydrogens is 430 g/mol. The van der Waals surface area contributed by atoms with E-state index in [9.17, 15) is 14.7 Å². The van der Waals surface area contributed by atoms with Crippen LogP contribution in [0, 0.1) is 6.92 Å². The molecule has 7 heteroatoms. The van der Waals surface area contributed by atoms with Crippen LogP contribution in [-0.4, -0.2) is 74.5 Å². The first-order valence-corrected chi connectivity index (χ1v) is 11.2. The summed E-state index contributed by atoms with van der Waals surface area (Å²) in [4.78, 5) is 31.7. The van der Waals surface area contributed by atoms with Crippen molar-refractivity contribution in [2.45, 2.75) is 13.0 Å². The zero-order valence-corrected chi connectivity index (χ0v) is 20.5. The van der Waals surface area contributed by atoms with Gasteiger partial charge in [-0.25, -0.2) is 0 Å². The van der Waals surface area contributed by atoms with Crippen molar-refractivity contribution in [1.82, 2.24) is 9.80 Å². The number of rotatable bonds is 9. The van der Waals surface area contributed by atoms with Crippen LogP contribution in [0.2, 0.25) is 0 Å². The van der Waals surface area contributed by atoms with Crippen LogP contribution in [-0.2, 0) is 9.59 Å². The highest BCUT2D eigenvalue weighted by Gasteiger charge is 2.46. The molecule has 1 aliphatic rings. The Balaban J connectivity index is 2.11. The summed E-state index contributed by atoms with van der Waals surface area (Å²) in [7, 11) is 7.72. The second-order valence-corrected chi connectivity index (χ2v) is 8.86. The number of ether oxygens (including phenoxy) is 1. The molecule has 0 aliphatic carbocycles. The molecule has 0 unspecified atom stereocenters. The molecule has 180 valence electrons. The first-order valence-electron chi connectivity index (χ1n) is 11.2. The standard InChI is InChI=1S/C27H33N3O4/c1-7-16-34-21-12-13-22(18(2)17-21)25(31)23-24(19-8-10-20(11-9-19)29(5)6)30(15-14-28(3)4)27(33)26(23)32/h7-13,17,24,31H,1,14-16H2,2-6H3/t24-/m1/s1. The van der Waals surface area contributed by atoms with Gasteiger partial charge in [-0.3, -0.25) is 9.59 Å². The van der Waals surface area contributed by atoms with Crippen LogP contribution < -0.4 is 9.64 Å². The van der Waals surface area contributed by atoms with Gasteiger partial charge in [-0.05, 0) is 62.5 Å². The fourth-order valence-electron chi connectivity index (χ4n) is 4.01. The molecular formula is C27H33N3O4. The minimum atomic E-state index is -0.677. The molecule has 0 saturated carbocycles. The maximum absolute atomic E-state index is 13.2. The fraction of sp³-hybridized carbons (Fsp3) is 0.333. The molecule has 1 atom stereocenters. The number of anilines is 1. The van der Waals surface area contributed by atoms with Crippen molar-refractivity contribution in [2.24, 2.45) is 0 Å². The number of aryl methyl sites for hydroxylation is 1. The summed E-state index contributed by atoms with van der Waals surface area (Å²) in [5.74, 6) is -0.825. The minimum Gasteiger partial charge on any atom is -0.507 e. The summed E-state index contributed by atoms with van der Waals surface area (Å²) in [6.45, 7) is 6.80. The number of likely N-dealkylation sites (N-methyl/N-ethyl adjacent to an activating group) is 1. The van der Waals surface area contributed by atoms with E-state index >= 15 is 0 Å². The smallest absolute Gasteiger partial charge is 0.295 e. The SMILES string of the molecule is C=CCOc1ccc(C(O)=C2C(=O)C(=O)N(CCN(C)C)[C@@H]2c2ccc(N(C)C)cc2)c(C)c1. The first kappa shape index (κ1) is 25.1. The topological polar surface area (TPSA) is 73.3 Å². The molecule has 1 heterocycles. The van der Waals surface area contributed by atoms with E-state index in [4.69, 9.17) is 4.74 Å². The number of aliphatic hydroxyl groups is 1. The summed E-state index contributed by atoms with van der Waals surface area (Å²) in [5.41, 5.74) is 3.10. The van der Waals surface area contributed by atoms with E-state index in [0.717, 1.165) is 16.8 Å². The molecule has 1 saturated heterocycles. The Hall–Kier alpha value is -3.58. The number of amides is 1. The Morgan fingerprint density at radius 2 is 1.79 bits per heavy atom. The van der Waals surface area contributed by atoms with E-state index < -0.39 is 17.7 Å². The van der Waals surface area contributed by atoms with Gasteiger partial charge in [0.25, 0.3) is 11.7 Å². The predicted molar refractivity (Wildman–Crippen MR) is 135 cm³/mol. The molecule has 2 aromatic carbocycles. The molecule has 0 aromatic heterocycles. The average Bonchev–Trinajstić information content (AvgIpc) is 3.05. The monoisotopic (exact) mass is 463 g/mol. The molecule has 2 aromatic rings. The van der Waals surface area contributed by atoms with E-state index in [0.29, 0.717) is 31.0 Å². The van der Waals surface area contributed by atoms with Crippen LogP contribution in [0.5, 0.6) is 5.75 Å². The van der Waals surface area contributed by atoms with Crippen LogP contribution in [0.4, 0.5) is 5.69 Å². The third-order valence-corrected chi connectivity index (χ3v) is 5.87. The normalized spacial score (nSPS) is 17.4. The second kappa shape index (κ2) is 10.6. The van der Waals surface area contributed by atoms with Crippen molar-refractivity contribution >= 4 is 23.1 Å². The second-order valence-electron chi connectivity index (χ2n) is 8.86. The van der Waals surface area contributed by atoms with Gasteiger partial charge in [-0.15, -0.1) is 0 Å². The average molecular weight is 464 g/mol. The Labute approximate surface area is 201 Å². The predicted octanol–water partition coefficient (Wildman–Crippen LogP) is 3.61. The fourth-order valence-corrected chi connectivity index (χ4v) is 4.01. The van der Waals surface area contributed by atoms with Gasteiger partial charge >= 0.3 is 0 Å². The number of nitrogens with zero attached hydrogens (tertiary/aromatic N) is 3. The van der Waals surface area contributed by atoms with Crippen molar-refractivity contribution in [3.05, 3.63) is 77.4 Å². The molecule has 0 radical (unpaired) electrons. The van der Waals surface area contributed by atoms with Gasteiger partial charge in [0, 0.05) is 38.4 Å². The molecule has 3 rings (SSSR count). The number of likely N-dealkylation sites (tertiary alicyclic amines) is 1. The number of carbonyl (C=O) groups is 2. The highest BCUT2D eigenvalue weighted by atomic mass is 16.5. The molecule has 0 bridgehead atoms. The van der Waals surface area contributed by atoms with Gasteiger partial charge < -0.3 is 24.5 Å². The molecule has 1 aliphatic heterocycles. The Morgan fingerprint density at radius 3 is 2.35 bits per heavy atom. The number of hydrogen-bond donors (Lipinski definition) is 1. The van der Waals surface area contributed by atoms with Gasteiger partial charge in [0.2, 0.25) is 0 Å². The lowest BCUT2D eigenvalue weighted by molar-refractivity contribution is -0.140. The number of Topliss-reactive ketones (excluding diaryl/α,β-unsaturated/α-hetero) is 1. The lowest BCUT2D eigenvalue weighted by Gasteiger charge is -2.27. The Kier molecular flexibility index (Phi) is 7.79. The first-order chi connectivity index (χ1) is 16.1. The van der Waals surface area contributed by atoms with Crippen molar-refractivity contribution in [3.8, 4) is 5.75 Å². The molecule has 1 amide bonds. The van der Waals surface area contributed by atoms with Gasteiger partial charge in [0.1, 0.15) is 18.1 Å². The number of aliphatic hydroxyl groups excluding tert-OH is 1. The van der Waals surface area contributed by atoms with Crippen molar-refractivity contribution in [2.75, 3.05) is 52.8 Å². The highest BCUT2D eigenvalue weighted by molar-refractivity contribution is 6.46. The minimum absolute atomic E-state index is 0.101. The zero-order chi connectivity index (χ0) is 25.0. The van der Waals surface area contributed by atoms with Crippen LogP contribution in [0.1, 0.15) is 22.7 Å². The lowest BCUT2D eigenvalue weighted by atomic mass is 9.93. The molecule has 0 spiro atoms.